The number of likely N-dealkylation sites (tertiary alicyclic amines) is 2. The highest BCUT2D eigenvalue weighted by molar-refractivity contribution is 5.92. The third-order valence-corrected chi connectivity index (χ3v) is 4.86. The van der Waals surface area contributed by atoms with Crippen LogP contribution >= 0.6 is 0 Å². The summed E-state index contributed by atoms with van der Waals surface area (Å²) in [6.45, 7) is 3.88. The lowest BCUT2D eigenvalue weighted by atomic mass is 10.0. The number of benzene rings is 1. The maximum absolute atomic E-state index is 12.4. The monoisotopic (exact) mass is 329 g/mol. The van der Waals surface area contributed by atoms with Crippen LogP contribution in [0.25, 0.3) is 6.08 Å². The number of piperidine rings is 1. The number of nitro benzene ring substituents is 1. The van der Waals surface area contributed by atoms with E-state index in [-0.39, 0.29) is 11.6 Å². The maximum Gasteiger partial charge on any atom is 0.270 e. The van der Waals surface area contributed by atoms with E-state index < -0.39 is 4.92 Å². The minimum Gasteiger partial charge on any atom is -0.338 e. The second-order valence-corrected chi connectivity index (χ2v) is 6.51. The SMILES string of the molecule is O=C(C=Cc1cccc([N+](=O)[O-])c1)N1CCCC(N2CCCC2)C1. The van der Waals surface area contributed by atoms with Crippen molar-refractivity contribution in [2.75, 3.05) is 26.2 Å². The Balaban J connectivity index is 1.61. The molecule has 128 valence electrons. The third kappa shape index (κ3) is 4.00. The largest absolute Gasteiger partial charge is 0.338 e. The molecule has 0 aromatic heterocycles. The van der Waals surface area contributed by atoms with Gasteiger partial charge in [0.15, 0.2) is 0 Å². The van der Waals surface area contributed by atoms with Crippen molar-refractivity contribution in [1.82, 2.24) is 9.80 Å². The summed E-state index contributed by atoms with van der Waals surface area (Å²) in [4.78, 5) is 27.2. The lowest BCUT2D eigenvalue weighted by Crippen LogP contribution is -2.48. The fourth-order valence-corrected chi connectivity index (χ4v) is 3.57. The predicted octanol–water partition coefficient (Wildman–Crippen LogP) is 2.69. The van der Waals surface area contributed by atoms with Crippen LogP contribution in [-0.2, 0) is 4.79 Å². The number of rotatable bonds is 4. The van der Waals surface area contributed by atoms with Gasteiger partial charge in [0.25, 0.3) is 5.69 Å². The fraction of sp³-hybridized carbons (Fsp3) is 0.500. The lowest BCUT2D eigenvalue weighted by molar-refractivity contribution is -0.384. The van der Waals surface area contributed by atoms with Crippen LogP contribution < -0.4 is 0 Å². The van der Waals surface area contributed by atoms with Gasteiger partial charge in [0.05, 0.1) is 4.92 Å². The first-order valence-corrected chi connectivity index (χ1v) is 8.59. The number of amides is 1. The maximum atomic E-state index is 12.4. The van der Waals surface area contributed by atoms with Gasteiger partial charge in [0.2, 0.25) is 5.91 Å². The molecule has 1 unspecified atom stereocenters. The van der Waals surface area contributed by atoms with Crippen LogP contribution in [0.3, 0.4) is 0 Å². The van der Waals surface area contributed by atoms with Crippen molar-refractivity contribution < 1.29 is 9.72 Å². The first-order valence-electron chi connectivity index (χ1n) is 8.59. The number of carbonyl (C=O) groups is 1. The molecule has 1 amide bonds. The molecule has 24 heavy (non-hydrogen) atoms. The van der Waals surface area contributed by atoms with E-state index >= 15 is 0 Å². The van der Waals surface area contributed by atoms with Crippen LogP contribution in [0, 0.1) is 10.1 Å². The molecular formula is C18H23N3O3. The Labute approximate surface area is 141 Å². The van der Waals surface area contributed by atoms with E-state index in [0.717, 1.165) is 32.6 Å². The Kier molecular flexibility index (Phi) is 5.25. The number of nitro groups is 1. The third-order valence-electron chi connectivity index (χ3n) is 4.86. The summed E-state index contributed by atoms with van der Waals surface area (Å²) >= 11 is 0. The summed E-state index contributed by atoms with van der Waals surface area (Å²) < 4.78 is 0. The summed E-state index contributed by atoms with van der Waals surface area (Å²) in [7, 11) is 0. The van der Waals surface area contributed by atoms with Crippen LogP contribution in [0.15, 0.2) is 30.3 Å². The van der Waals surface area contributed by atoms with Gasteiger partial charge >= 0.3 is 0 Å². The molecule has 2 heterocycles. The van der Waals surface area contributed by atoms with Gasteiger partial charge < -0.3 is 4.90 Å². The molecule has 3 rings (SSSR count). The normalized spacial score (nSPS) is 22.2. The van der Waals surface area contributed by atoms with E-state index in [1.807, 2.05) is 4.90 Å². The highest BCUT2D eigenvalue weighted by Gasteiger charge is 2.28. The molecule has 2 aliphatic heterocycles. The van der Waals surface area contributed by atoms with Crippen molar-refractivity contribution >= 4 is 17.7 Å². The molecule has 1 aromatic carbocycles. The molecule has 0 spiro atoms. The van der Waals surface area contributed by atoms with Crippen molar-refractivity contribution in [2.24, 2.45) is 0 Å². The van der Waals surface area contributed by atoms with Crippen LogP contribution in [0.1, 0.15) is 31.2 Å². The topological polar surface area (TPSA) is 66.7 Å². The molecule has 1 aromatic rings. The van der Waals surface area contributed by atoms with E-state index in [1.165, 1.54) is 37.5 Å². The summed E-state index contributed by atoms with van der Waals surface area (Å²) in [5, 5.41) is 10.8. The van der Waals surface area contributed by atoms with Gasteiger partial charge in [0.1, 0.15) is 0 Å². The molecule has 0 bridgehead atoms. The first kappa shape index (κ1) is 16.6. The highest BCUT2D eigenvalue weighted by atomic mass is 16.6. The van der Waals surface area contributed by atoms with Crippen molar-refractivity contribution in [3.05, 3.63) is 46.0 Å². The number of carbonyl (C=O) groups excluding carboxylic acids is 1. The minimum absolute atomic E-state index is 0.00889. The Morgan fingerprint density at radius 2 is 2.00 bits per heavy atom. The van der Waals surface area contributed by atoms with Crippen molar-refractivity contribution in [2.45, 2.75) is 31.7 Å². The van der Waals surface area contributed by atoms with Gasteiger partial charge in [-0.15, -0.1) is 0 Å². The van der Waals surface area contributed by atoms with Gasteiger partial charge in [-0.2, -0.15) is 0 Å². The second kappa shape index (κ2) is 7.57. The zero-order valence-corrected chi connectivity index (χ0v) is 13.8. The van der Waals surface area contributed by atoms with E-state index in [2.05, 4.69) is 4.90 Å². The van der Waals surface area contributed by atoms with E-state index in [1.54, 1.807) is 18.2 Å². The standard InChI is InChI=1S/C18H23N3O3/c22-18(9-8-15-5-3-6-16(13-15)21(23)24)20-12-4-7-17(14-20)19-10-1-2-11-19/h3,5-6,8-9,13,17H,1-2,4,7,10-12,14H2. The van der Waals surface area contributed by atoms with Crippen molar-refractivity contribution in [1.29, 1.82) is 0 Å². The van der Waals surface area contributed by atoms with Crippen molar-refractivity contribution in [3.63, 3.8) is 0 Å². The Morgan fingerprint density at radius 3 is 2.75 bits per heavy atom. The molecule has 0 radical (unpaired) electrons. The van der Waals surface area contributed by atoms with Gasteiger partial charge in [-0.1, -0.05) is 12.1 Å². The molecule has 2 aliphatic rings. The van der Waals surface area contributed by atoms with Gasteiger partial charge in [-0.3, -0.25) is 19.8 Å². The number of non-ortho nitro benzene ring substituents is 1. The Bertz CT molecular complexity index is 638. The van der Waals surface area contributed by atoms with Crippen LogP contribution in [-0.4, -0.2) is 52.9 Å². The smallest absolute Gasteiger partial charge is 0.270 e. The molecular weight excluding hydrogens is 306 g/mol. The number of hydrogen-bond acceptors (Lipinski definition) is 4. The molecule has 6 nitrogen and oxygen atoms in total. The average molecular weight is 329 g/mol. The summed E-state index contributed by atoms with van der Waals surface area (Å²) in [5.74, 6) is -0.00889. The molecule has 6 heteroatoms. The molecule has 0 aliphatic carbocycles. The van der Waals surface area contributed by atoms with Gasteiger partial charge in [-0.05, 0) is 50.4 Å². The highest BCUT2D eigenvalue weighted by Crippen LogP contribution is 2.21. The van der Waals surface area contributed by atoms with E-state index in [0.29, 0.717) is 11.6 Å². The van der Waals surface area contributed by atoms with Crippen molar-refractivity contribution in [3.8, 4) is 0 Å². The zero-order chi connectivity index (χ0) is 16.9. The van der Waals surface area contributed by atoms with Gasteiger partial charge in [-0.25, -0.2) is 0 Å². The fourth-order valence-electron chi connectivity index (χ4n) is 3.57. The van der Waals surface area contributed by atoms with Crippen LogP contribution in [0.4, 0.5) is 5.69 Å². The summed E-state index contributed by atoms with van der Waals surface area (Å²) in [5.41, 5.74) is 0.710. The van der Waals surface area contributed by atoms with Crippen LogP contribution in [0.5, 0.6) is 0 Å². The summed E-state index contributed by atoms with van der Waals surface area (Å²) in [6, 6.07) is 6.81. The molecule has 2 saturated heterocycles. The average Bonchev–Trinajstić information content (AvgIpc) is 3.15. The zero-order valence-electron chi connectivity index (χ0n) is 13.8. The number of hydrogen-bond donors (Lipinski definition) is 0. The number of nitrogens with zero attached hydrogens (tertiary/aromatic N) is 3. The quantitative estimate of drug-likeness (QED) is 0.484. The molecule has 0 saturated carbocycles. The minimum atomic E-state index is -0.426. The second-order valence-electron chi connectivity index (χ2n) is 6.51. The predicted molar refractivity (Wildman–Crippen MR) is 92.5 cm³/mol. The molecule has 1 atom stereocenters. The molecule has 2 fully saturated rings. The van der Waals surface area contributed by atoms with E-state index in [4.69, 9.17) is 0 Å². The van der Waals surface area contributed by atoms with Gasteiger partial charge in [0, 0.05) is 37.3 Å². The molecule has 0 N–H and O–H groups in total. The van der Waals surface area contributed by atoms with Crippen LogP contribution in [0.2, 0.25) is 0 Å². The Hall–Kier alpha value is -2.21. The Morgan fingerprint density at radius 1 is 1.21 bits per heavy atom. The summed E-state index contributed by atoms with van der Waals surface area (Å²) in [6.07, 6.45) is 7.92. The lowest BCUT2D eigenvalue weighted by Gasteiger charge is -2.37. The van der Waals surface area contributed by atoms with E-state index in [9.17, 15) is 14.9 Å². The first-order chi connectivity index (χ1) is 11.6.